The molecule has 0 aliphatic carbocycles. The lowest BCUT2D eigenvalue weighted by Gasteiger charge is -2.15. The number of hydrogen-bond acceptors (Lipinski definition) is 5. The van der Waals surface area contributed by atoms with E-state index < -0.39 is 21.1 Å². The Labute approximate surface area is 112 Å². The average Bonchev–Trinajstić information content (AvgIpc) is 2.72. The summed E-state index contributed by atoms with van der Waals surface area (Å²) in [6.45, 7) is 0. The van der Waals surface area contributed by atoms with Crippen molar-refractivity contribution in [2.75, 3.05) is 12.9 Å². The number of nitrogens with zero attached hydrogens (tertiary/aromatic N) is 1. The first kappa shape index (κ1) is 14.0. The monoisotopic (exact) mass is 283 g/mol. The summed E-state index contributed by atoms with van der Waals surface area (Å²) in [5, 5.41) is -0.999. The van der Waals surface area contributed by atoms with E-state index in [0.29, 0.717) is 19.3 Å². The molecule has 5 nitrogen and oxygen atoms in total. The molecule has 1 fully saturated rings. The first-order valence-electron chi connectivity index (χ1n) is 6.24. The maximum atomic E-state index is 11.9. The number of aromatic nitrogens is 1. The van der Waals surface area contributed by atoms with Crippen molar-refractivity contribution in [3.63, 3.8) is 0 Å². The van der Waals surface area contributed by atoms with Crippen LogP contribution in [0.5, 0.6) is 0 Å². The van der Waals surface area contributed by atoms with Crippen LogP contribution in [0.3, 0.4) is 0 Å². The molecule has 0 bridgehead atoms. The summed E-state index contributed by atoms with van der Waals surface area (Å²) in [4.78, 5) is 15.8. The van der Waals surface area contributed by atoms with Gasteiger partial charge in [-0.15, -0.1) is 0 Å². The standard InChI is InChI=1S/C13H17NO4S/c1-18-13(15)12-10(7-9-19(12,16)17)5-6-11-4-2-3-8-14-11/h2-4,8,10,12H,5-7,9H2,1H3/t10-,12+/m1/s1. The van der Waals surface area contributed by atoms with Crippen molar-refractivity contribution in [2.24, 2.45) is 5.92 Å². The van der Waals surface area contributed by atoms with Crippen LogP contribution in [0.1, 0.15) is 18.5 Å². The molecule has 0 amide bonds. The Kier molecular flexibility index (Phi) is 4.19. The number of pyridine rings is 1. The van der Waals surface area contributed by atoms with Crippen molar-refractivity contribution in [3.05, 3.63) is 30.1 Å². The smallest absolute Gasteiger partial charge is 0.324 e. The van der Waals surface area contributed by atoms with Crippen molar-refractivity contribution < 1.29 is 17.9 Å². The highest BCUT2D eigenvalue weighted by Gasteiger charge is 2.45. The number of aryl methyl sites for hydroxylation is 1. The molecule has 0 saturated carbocycles. The Morgan fingerprint density at radius 3 is 2.89 bits per heavy atom. The van der Waals surface area contributed by atoms with Gasteiger partial charge in [0.25, 0.3) is 0 Å². The zero-order valence-corrected chi connectivity index (χ0v) is 11.6. The normalized spacial score (nSPS) is 25.1. The van der Waals surface area contributed by atoms with Gasteiger partial charge in [-0.1, -0.05) is 6.07 Å². The SMILES string of the molecule is COC(=O)[C@@H]1[C@H](CCc2ccccn2)CCS1(=O)=O. The van der Waals surface area contributed by atoms with E-state index in [1.807, 2.05) is 18.2 Å². The predicted octanol–water partition coefficient (Wildman–Crippen LogP) is 0.990. The largest absolute Gasteiger partial charge is 0.468 e. The second-order valence-electron chi connectivity index (χ2n) is 4.72. The number of hydrogen-bond donors (Lipinski definition) is 0. The van der Waals surface area contributed by atoms with Gasteiger partial charge in [0, 0.05) is 11.9 Å². The molecule has 1 aliphatic rings. The number of rotatable bonds is 4. The predicted molar refractivity (Wildman–Crippen MR) is 70.3 cm³/mol. The highest BCUT2D eigenvalue weighted by Crippen LogP contribution is 2.31. The Bertz CT molecular complexity index is 541. The summed E-state index contributed by atoms with van der Waals surface area (Å²) >= 11 is 0. The maximum absolute atomic E-state index is 11.9. The third-order valence-corrected chi connectivity index (χ3v) is 5.67. The lowest BCUT2D eigenvalue weighted by atomic mass is 9.95. The molecule has 0 aromatic carbocycles. The van der Waals surface area contributed by atoms with Crippen LogP contribution in [-0.2, 0) is 25.8 Å². The Balaban J connectivity index is 2.06. The van der Waals surface area contributed by atoms with Crippen LogP contribution in [0.4, 0.5) is 0 Å². The molecule has 6 heteroatoms. The molecule has 0 radical (unpaired) electrons. The minimum absolute atomic E-state index is 0.0691. The van der Waals surface area contributed by atoms with Gasteiger partial charge >= 0.3 is 5.97 Å². The summed E-state index contributed by atoms with van der Waals surface area (Å²) in [5.74, 6) is -0.734. The van der Waals surface area contributed by atoms with E-state index in [0.717, 1.165) is 5.69 Å². The van der Waals surface area contributed by atoms with Crippen molar-refractivity contribution in [1.29, 1.82) is 0 Å². The van der Waals surface area contributed by atoms with Gasteiger partial charge in [-0.3, -0.25) is 9.78 Å². The van der Waals surface area contributed by atoms with E-state index in [2.05, 4.69) is 9.72 Å². The molecule has 2 heterocycles. The molecule has 1 aromatic heterocycles. The molecule has 1 aliphatic heterocycles. The molecule has 0 spiro atoms. The molecule has 104 valence electrons. The van der Waals surface area contributed by atoms with Gasteiger partial charge in [0.1, 0.15) is 0 Å². The fourth-order valence-corrected chi connectivity index (χ4v) is 4.65. The summed E-state index contributed by atoms with van der Waals surface area (Å²) in [6.07, 6.45) is 3.54. The third-order valence-electron chi connectivity index (χ3n) is 3.52. The van der Waals surface area contributed by atoms with Crippen molar-refractivity contribution >= 4 is 15.8 Å². The zero-order valence-electron chi connectivity index (χ0n) is 10.8. The summed E-state index contributed by atoms with van der Waals surface area (Å²) in [5.41, 5.74) is 0.912. The van der Waals surface area contributed by atoms with Crippen LogP contribution in [-0.4, -0.2) is 37.5 Å². The van der Waals surface area contributed by atoms with Gasteiger partial charge in [-0.2, -0.15) is 0 Å². The minimum atomic E-state index is -3.35. The number of esters is 1. The molecule has 0 N–H and O–H groups in total. The molecule has 2 rings (SSSR count). The molecular formula is C13H17NO4S. The second kappa shape index (κ2) is 5.69. The van der Waals surface area contributed by atoms with E-state index in [9.17, 15) is 13.2 Å². The van der Waals surface area contributed by atoms with E-state index >= 15 is 0 Å². The lowest BCUT2D eigenvalue weighted by Crippen LogP contribution is -2.33. The number of ether oxygens (including phenoxy) is 1. The van der Waals surface area contributed by atoms with Crippen LogP contribution in [0.25, 0.3) is 0 Å². The van der Waals surface area contributed by atoms with Crippen molar-refractivity contribution in [2.45, 2.75) is 24.5 Å². The number of methoxy groups -OCH3 is 1. The Hall–Kier alpha value is -1.43. The van der Waals surface area contributed by atoms with Crippen LogP contribution in [0.15, 0.2) is 24.4 Å². The fraction of sp³-hybridized carbons (Fsp3) is 0.538. The van der Waals surface area contributed by atoms with Crippen LogP contribution in [0.2, 0.25) is 0 Å². The fourth-order valence-electron chi connectivity index (χ4n) is 2.52. The first-order chi connectivity index (χ1) is 9.04. The molecule has 19 heavy (non-hydrogen) atoms. The maximum Gasteiger partial charge on any atom is 0.324 e. The Morgan fingerprint density at radius 1 is 1.47 bits per heavy atom. The van der Waals surface area contributed by atoms with Gasteiger partial charge in [0.05, 0.1) is 12.9 Å². The van der Waals surface area contributed by atoms with Crippen LogP contribution in [0, 0.1) is 5.92 Å². The van der Waals surface area contributed by atoms with Gasteiger partial charge in [-0.25, -0.2) is 8.42 Å². The van der Waals surface area contributed by atoms with E-state index in [-0.39, 0.29) is 11.7 Å². The summed E-state index contributed by atoms with van der Waals surface area (Å²) in [7, 11) is -2.12. The number of carbonyl (C=O) groups excluding carboxylic acids is 1. The second-order valence-corrected chi connectivity index (χ2v) is 6.96. The van der Waals surface area contributed by atoms with Crippen LogP contribution >= 0.6 is 0 Å². The Morgan fingerprint density at radius 2 is 2.26 bits per heavy atom. The topological polar surface area (TPSA) is 73.3 Å². The van der Waals surface area contributed by atoms with Gasteiger partial charge in [-0.05, 0) is 37.3 Å². The van der Waals surface area contributed by atoms with Crippen LogP contribution < -0.4 is 0 Å². The van der Waals surface area contributed by atoms with Gasteiger partial charge in [0.15, 0.2) is 15.1 Å². The average molecular weight is 283 g/mol. The van der Waals surface area contributed by atoms with Crippen molar-refractivity contribution in [3.8, 4) is 0 Å². The highest BCUT2D eigenvalue weighted by atomic mass is 32.2. The molecule has 1 saturated heterocycles. The van der Waals surface area contributed by atoms with E-state index in [4.69, 9.17) is 0 Å². The van der Waals surface area contributed by atoms with Gasteiger partial charge in [0.2, 0.25) is 0 Å². The zero-order chi connectivity index (χ0) is 13.9. The highest BCUT2D eigenvalue weighted by molar-refractivity contribution is 7.93. The van der Waals surface area contributed by atoms with E-state index in [1.165, 1.54) is 7.11 Å². The first-order valence-corrected chi connectivity index (χ1v) is 7.95. The van der Waals surface area contributed by atoms with Crippen molar-refractivity contribution in [1.82, 2.24) is 4.98 Å². The van der Waals surface area contributed by atoms with E-state index in [1.54, 1.807) is 6.20 Å². The third kappa shape index (κ3) is 3.12. The summed E-state index contributed by atoms with van der Waals surface area (Å²) in [6, 6.07) is 5.63. The number of carbonyl (C=O) groups is 1. The number of sulfone groups is 1. The minimum Gasteiger partial charge on any atom is -0.468 e. The molecule has 1 aromatic rings. The molecular weight excluding hydrogens is 266 g/mol. The van der Waals surface area contributed by atoms with Gasteiger partial charge < -0.3 is 4.74 Å². The quantitative estimate of drug-likeness (QED) is 0.770. The summed E-state index contributed by atoms with van der Waals surface area (Å²) < 4.78 is 28.4. The molecule has 0 unspecified atom stereocenters. The molecule has 2 atom stereocenters. The lowest BCUT2D eigenvalue weighted by molar-refractivity contribution is -0.141.